The van der Waals surface area contributed by atoms with Gasteiger partial charge in [0.1, 0.15) is 22.5 Å². The van der Waals surface area contributed by atoms with Crippen LogP contribution in [0.5, 0.6) is 0 Å². The smallest absolute Gasteiger partial charge is 0.235 e. The second kappa shape index (κ2) is 8.40. The molecule has 1 atom stereocenters. The third-order valence-electron chi connectivity index (χ3n) is 4.63. The number of thioether (sulfide) groups is 1. The molecule has 0 spiro atoms. The summed E-state index contributed by atoms with van der Waals surface area (Å²) in [7, 11) is 0. The van der Waals surface area contributed by atoms with Gasteiger partial charge in [-0.25, -0.2) is 9.97 Å². The number of benzene rings is 1. The zero-order valence-electron chi connectivity index (χ0n) is 15.8. The van der Waals surface area contributed by atoms with Crippen LogP contribution < -0.4 is 4.90 Å². The molecule has 0 N–H and O–H groups in total. The standard InChI is InChI=1S/C20H23N5OS/c1-14-18(13-21)19(23-16(3)22-14)27-15(2)20(26)25-11-9-24(10-12-25)17-7-5-4-6-8-17/h4-8,15H,9-12H2,1-3H3. The highest BCUT2D eigenvalue weighted by molar-refractivity contribution is 8.00. The predicted molar refractivity (Wildman–Crippen MR) is 107 cm³/mol. The number of hydrogen-bond donors (Lipinski definition) is 0. The van der Waals surface area contributed by atoms with Crippen LogP contribution >= 0.6 is 11.8 Å². The van der Waals surface area contributed by atoms with Gasteiger partial charge in [-0.3, -0.25) is 4.79 Å². The molecule has 1 aliphatic rings. The Morgan fingerprint density at radius 2 is 1.81 bits per heavy atom. The van der Waals surface area contributed by atoms with E-state index in [4.69, 9.17) is 0 Å². The van der Waals surface area contributed by atoms with Crippen LogP contribution in [0.3, 0.4) is 0 Å². The lowest BCUT2D eigenvalue weighted by molar-refractivity contribution is -0.130. The molecule has 27 heavy (non-hydrogen) atoms. The van der Waals surface area contributed by atoms with Crippen LogP contribution in [-0.4, -0.2) is 52.2 Å². The van der Waals surface area contributed by atoms with Gasteiger partial charge >= 0.3 is 0 Å². The Morgan fingerprint density at radius 3 is 2.44 bits per heavy atom. The average molecular weight is 382 g/mol. The summed E-state index contributed by atoms with van der Waals surface area (Å²) in [5.74, 6) is 0.704. The summed E-state index contributed by atoms with van der Waals surface area (Å²) in [4.78, 5) is 25.7. The topological polar surface area (TPSA) is 73.1 Å². The molecule has 140 valence electrons. The molecule has 0 aliphatic carbocycles. The van der Waals surface area contributed by atoms with Gasteiger partial charge in [-0.1, -0.05) is 30.0 Å². The van der Waals surface area contributed by atoms with Crippen LogP contribution in [-0.2, 0) is 4.79 Å². The van der Waals surface area contributed by atoms with Crippen molar-refractivity contribution in [3.8, 4) is 6.07 Å². The molecular weight excluding hydrogens is 358 g/mol. The third kappa shape index (κ3) is 4.40. The number of aryl methyl sites for hydroxylation is 2. The molecule has 1 aromatic carbocycles. The minimum Gasteiger partial charge on any atom is -0.368 e. The molecule has 2 heterocycles. The van der Waals surface area contributed by atoms with Crippen molar-refractivity contribution in [2.45, 2.75) is 31.0 Å². The van der Waals surface area contributed by atoms with Crippen molar-refractivity contribution >= 4 is 23.4 Å². The summed E-state index contributed by atoms with van der Waals surface area (Å²) in [5.41, 5.74) is 2.31. The molecule has 0 radical (unpaired) electrons. The Labute approximate surface area is 164 Å². The zero-order valence-corrected chi connectivity index (χ0v) is 16.7. The van der Waals surface area contributed by atoms with E-state index >= 15 is 0 Å². The molecule has 1 amide bonds. The SMILES string of the molecule is Cc1nc(C)c(C#N)c(SC(C)C(=O)N2CCN(c3ccccc3)CC2)n1. The van der Waals surface area contributed by atoms with Gasteiger partial charge in [0.15, 0.2) is 0 Å². The highest BCUT2D eigenvalue weighted by Crippen LogP contribution is 2.27. The van der Waals surface area contributed by atoms with Crippen LogP contribution in [0.2, 0.25) is 0 Å². The number of aromatic nitrogens is 2. The maximum Gasteiger partial charge on any atom is 0.235 e. The summed E-state index contributed by atoms with van der Waals surface area (Å²) in [5, 5.41) is 9.68. The number of piperazine rings is 1. The van der Waals surface area contributed by atoms with Gasteiger partial charge in [-0.05, 0) is 32.9 Å². The van der Waals surface area contributed by atoms with Crippen molar-refractivity contribution < 1.29 is 4.79 Å². The van der Waals surface area contributed by atoms with Crippen molar-refractivity contribution in [1.82, 2.24) is 14.9 Å². The van der Waals surface area contributed by atoms with E-state index in [9.17, 15) is 10.1 Å². The fourth-order valence-electron chi connectivity index (χ4n) is 3.19. The van der Waals surface area contributed by atoms with Crippen LogP contribution in [0.25, 0.3) is 0 Å². The van der Waals surface area contributed by atoms with Crippen molar-refractivity contribution in [2.75, 3.05) is 31.1 Å². The molecule has 1 fully saturated rings. The molecule has 1 aromatic heterocycles. The normalized spacial score (nSPS) is 15.3. The Hall–Kier alpha value is -2.59. The first-order valence-electron chi connectivity index (χ1n) is 9.00. The number of rotatable bonds is 4. The first-order valence-corrected chi connectivity index (χ1v) is 9.88. The largest absolute Gasteiger partial charge is 0.368 e. The average Bonchev–Trinajstić information content (AvgIpc) is 2.68. The molecule has 6 nitrogen and oxygen atoms in total. The summed E-state index contributed by atoms with van der Waals surface area (Å²) in [6.45, 7) is 8.52. The Balaban J connectivity index is 1.63. The summed E-state index contributed by atoms with van der Waals surface area (Å²) < 4.78 is 0. The van der Waals surface area contributed by atoms with Gasteiger partial charge in [0.25, 0.3) is 0 Å². The molecule has 3 rings (SSSR count). The van der Waals surface area contributed by atoms with Crippen molar-refractivity contribution in [2.24, 2.45) is 0 Å². The molecule has 0 saturated carbocycles. The maximum atomic E-state index is 12.9. The molecule has 1 unspecified atom stereocenters. The summed E-state index contributed by atoms with van der Waals surface area (Å²) in [6.07, 6.45) is 0. The fourth-order valence-corrected chi connectivity index (χ4v) is 4.27. The van der Waals surface area contributed by atoms with Crippen LogP contribution in [0.4, 0.5) is 5.69 Å². The van der Waals surface area contributed by atoms with Gasteiger partial charge in [-0.15, -0.1) is 0 Å². The number of anilines is 1. The Kier molecular flexibility index (Phi) is 5.97. The van der Waals surface area contributed by atoms with E-state index in [2.05, 4.69) is 33.1 Å². The van der Waals surface area contributed by atoms with Crippen LogP contribution in [0, 0.1) is 25.2 Å². The molecule has 7 heteroatoms. The zero-order chi connectivity index (χ0) is 19.4. The van der Waals surface area contributed by atoms with Gasteiger partial charge in [0.2, 0.25) is 5.91 Å². The van der Waals surface area contributed by atoms with E-state index in [1.165, 1.54) is 17.4 Å². The van der Waals surface area contributed by atoms with Gasteiger partial charge in [-0.2, -0.15) is 5.26 Å². The van der Waals surface area contributed by atoms with E-state index in [-0.39, 0.29) is 11.2 Å². The number of para-hydroxylation sites is 1. The first kappa shape index (κ1) is 19.2. The molecular formula is C20H23N5OS. The number of carbonyl (C=O) groups excluding carboxylic acids is 1. The Bertz CT molecular complexity index is 857. The number of nitriles is 1. The lowest BCUT2D eigenvalue weighted by Gasteiger charge is -2.37. The Morgan fingerprint density at radius 1 is 1.15 bits per heavy atom. The third-order valence-corrected chi connectivity index (χ3v) is 5.70. The highest BCUT2D eigenvalue weighted by atomic mass is 32.2. The van der Waals surface area contributed by atoms with Crippen molar-refractivity contribution in [3.05, 3.63) is 47.4 Å². The van der Waals surface area contributed by atoms with Crippen molar-refractivity contribution in [1.29, 1.82) is 5.26 Å². The molecule has 1 saturated heterocycles. The van der Waals surface area contributed by atoms with Crippen LogP contribution in [0.15, 0.2) is 35.4 Å². The second-order valence-electron chi connectivity index (χ2n) is 6.56. The summed E-state index contributed by atoms with van der Waals surface area (Å²) in [6, 6.07) is 12.4. The number of carbonyl (C=O) groups is 1. The monoisotopic (exact) mass is 381 g/mol. The second-order valence-corrected chi connectivity index (χ2v) is 7.89. The predicted octanol–water partition coefficient (Wildman–Crippen LogP) is 2.79. The minimum absolute atomic E-state index is 0.0884. The van der Waals surface area contributed by atoms with Crippen LogP contribution in [0.1, 0.15) is 24.0 Å². The van der Waals surface area contributed by atoms with Gasteiger partial charge in [0.05, 0.1) is 10.9 Å². The number of hydrogen-bond acceptors (Lipinski definition) is 6. The number of amides is 1. The van der Waals surface area contributed by atoms with E-state index in [1.54, 1.807) is 13.8 Å². The molecule has 2 aromatic rings. The van der Waals surface area contributed by atoms with Gasteiger partial charge < -0.3 is 9.80 Å². The highest BCUT2D eigenvalue weighted by Gasteiger charge is 2.27. The van der Waals surface area contributed by atoms with E-state index in [1.807, 2.05) is 30.0 Å². The maximum absolute atomic E-state index is 12.9. The summed E-state index contributed by atoms with van der Waals surface area (Å²) >= 11 is 1.34. The van der Waals surface area contributed by atoms with E-state index in [0.29, 0.717) is 35.2 Å². The first-order chi connectivity index (χ1) is 13.0. The number of nitrogens with zero attached hydrogens (tertiary/aromatic N) is 5. The fraction of sp³-hybridized carbons (Fsp3) is 0.400. The molecule has 1 aliphatic heterocycles. The van der Waals surface area contributed by atoms with E-state index < -0.39 is 0 Å². The van der Waals surface area contributed by atoms with Gasteiger partial charge in [0, 0.05) is 31.9 Å². The lowest BCUT2D eigenvalue weighted by Crippen LogP contribution is -2.50. The molecule has 0 bridgehead atoms. The van der Waals surface area contributed by atoms with E-state index in [0.717, 1.165) is 13.1 Å². The lowest BCUT2D eigenvalue weighted by atomic mass is 10.2. The van der Waals surface area contributed by atoms with Crippen molar-refractivity contribution in [3.63, 3.8) is 0 Å². The quantitative estimate of drug-likeness (QED) is 0.599. The minimum atomic E-state index is -0.297.